The van der Waals surface area contributed by atoms with Gasteiger partial charge in [-0.25, -0.2) is 4.98 Å². The number of benzene rings is 1. The third-order valence-corrected chi connectivity index (χ3v) is 5.82. The lowest BCUT2D eigenvalue weighted by molar-refractivity contribution is -0.130. The van der Waals surface area contributed by atoms with Gasteiger partial charge in [-0.2, -0.15) is 0 Å². The fraction of sp³-hybridized carbons (Fsp3) is 0.375. The van der Waals surface area contributed by atoms with Crippen LogP contribution in [0.1, 0.15) is 54.6 Å². The predicted octanol–water partition coefficient (Wildman–Crippen LogP) is 3.57. The van der Waals surface area contributed by atoms with Crippen LogP contribution in [0.15, 0.2) is 42.6 Å². The predicted molar refractivity (Wildman–Crippen MR) is 118 cm³/mol. The summed E-state index contributed by atoms with van der Waals surface area (Å²) in [6.07, 6.45) is 6.27. The monoisotopic (exact) mass is 404 g/mol. The summed E-state index contributed by atoms with van der Waals surface area (Å²) in [5.74, 6) is 0.825. The second-order valence-electron chi connectivity index (χ2n) is 8.00. The molecule has 6 heteroatoms. The molecule has 0 radical (unpaired) electrons. The van der Waals surface area contributed by atoms with Crippen LogP contribution in [0.4, 0.5) is 5.82 Å². The molecule has 0 spiro atoms. The van der Waals surface area contributed by atoms with Gasteiger partial charge in [-0.15, -0.1) is 0 Å². The van der Waals surface area contributed by atoms with Crippen molar-refractivity contribution in [2.75, 3.05) is 18.0 Å². The van der Waals surface area contributed by atoms with E-state index in [1.165, 1.54) is 19.8 Å². The number of rotatable bonds is 5. The first-order valence-electron chi connectivity index (χ1n) is 10.6. The van der Waals surface area contributed by atoms with Crippen molar-refractivity contribution in [2.45, 2.75) is 45.7 Å². The van der Waals surface area contributed by atoms with Gasteiger partial charge in [0.15, 0.2) is 0 Å². The van der Waals surface area contributed by atoms with E-state index < -0.39 is 0 Å². The van der Waals surface area contributed by atoms with Gasteiger partial charge in [-0.05, 0) is 43.0 Å². The van der Waals surface area contributed by atoms with Crippen LogP contribution in [0.3, 0.4) is 0 Å². The first-order chi connectivity index (χ1) is 14.5. The lowest BCUT2D eigenvalue weighted by Gasteiger charge is -2.32. The van der Waals surface area contributed by atoms with Crippen molar-refractivity contribution >= 4 is 23.7 Å². The topological polar surface area (TPSA) is 65.5 Å². The van der Waals surface area contributed by atoms with Gasteiger partial charge in [-0.3, -0.25) is 9.59 Å². The van der Waals surface area contributed by atoms with Crippen LogP contribution in [-0.4, -0.2) is 34.8 Å². The van der Waals surface area contributed by atoms with Crippen LogP contribution in [0.25, 0.3) is 6.08 Å². The Balaban J connectivity index is 1.47. The van der Waals surface area contributed by atoms with Crippen molar-refractivity contribution in [1.82, 2.24) is 15.2 Å². The number of nitrogens with zero attached hydrogens (tertiary/aromatic N) is 3. The molecular formula is C24H28N4O2. The van der Waals surface area contributed by atoms with Gasteiger partial charge in [0.2, 0.25) is 11.8 Å². The summed E-state index contributed by atoms with van der Waals surface area (Å²) >= 11 is 0. The average molecular weight is 405 g/mol. The maximum absolute atomic E-state index is 12.9. The minimum Gasteiger partial charge on any atom is -0.356 e. The SMILES string of the molecule is CC(=O)N1C=Cc2ccccc2[C@H]1CC(=O)NCc1ccc(C)nc1N1CCCC1. The summed E-state index contributed by atoms with van der Waals surface area (Å²) in [6.45, 7) is 5.98. The highest BCUT2D eigenvalue weighted by molar-refractivity contribution is 5.82. The van der Waals surface area contributed by atoms with E-state index in [-0.39, 0.29) is 24.3 Å². The molecule has 1 aromatic heterocycles. The number of carbonyl (C=O) groups excluding carboxylic acids is 2. The van der Waals surface area contributed by atoms with Crippen molar-refractivity contribution in [2.24, 2.45) is 0 Å². The molecule has 2 aliphatic rings. The molecule has 2 aromatic rings. The first-order valence-corrected chi connectivity index (χ1v) is 10.6. The Hall–Kier alpha value is -3.15. The third kappa shape index (κ3) is 4.22. The van der Waals surface area contributed by atoms with Gasteiger partial charge in [0, 0.05) is 44.0 Å². The summed E-state index contributed by atoms with van der Waals surface area (Å²) in [5.41, 5.74) is 4.06. The quantitative estimate of drug-likeness (QED) is 0.827. The Kier molecular flexibility index (Phi) is 5.84. The molecule has 6 nitrogen and oxygen atoms in total. The van der Waals surface area contributed by atoms with Crippen LogP contribution in [0, 0.1) is 6.92 Å². The molecule has 1 N–H and O–H groups in total. The minimum absolute atomic E-state index is 0.0717. The second-order valence-corrected chi connectivity index (χ2v) is 8.00. The Labute approximate surface area is 177 Å². The Morgan fingerprint density at radius 1 is 1.13 bits per heavy atom. The average Bonchev–Trinajstić information content (AvgIpc) is 3.27. The fourth-order valence-corrected chi connectivity index (χ4v) is 4.27. The summed E-state index contributed by atoms with van der Waals surface area (Å²) in [6, 6.07) is 11.7. The van der Waals surface area contributed by atoms with E-state index in [9.17, 15) is 9.59 Å². The van der Waals surface area contributed by atoms with E-state index in [4.69, 9.17) is 4.98 Å². The molecule has 0 bridgehead atoms. The van der Waals surface area contributed by atoms with Crippen LogP contribution < -0.4 is 10.2 Å². The number of carbonyl (C=O) groups is 2. The number of hydrogen-bond acceptors (Lipinski definition) is 4. The highest BCUT2D eigenvalue weighted by atomic mass is 16.2. The van der Waals surface area contributed by atoms with Gasteiger partial charge < -0.3 is 15.1 Å². The van der Waals surface area contributed by atoms with Crippen molar-refractivity contribution < 1.29 is 9.59 Å². The molecule has 4 rings (SSSR count). The number of aryl methyl sites for hydroxylation is 1. The van der Waals surface area contributed by atoms with E-state index in [1.54, 1.807) is 11.1 Å². The molecule has 30 heavy (non-hydrogen) atoms. The van der Waals surface area contributed by atoms with Crippen molar-refractivity contribution in [3.63, 3.8) is 0 Å². The van der Waals surface area contributed by atoms with Crippen molar-refractivity contribution in [1.29, 1.82) is 0 Å². The van der Waals surface area contributed by atoms with Gasteiger partial charge in [0.25, 0.3) is 0 Å². The van der Waals surface area contributed by atoms with Gasteiger partial charge in [0.05, 0.1) is 12.5 Å². The number of amides is 2. The number of anilines is 1. The van der Waals surface area contributed by atoms with E-state index in [1.807, 2.05) is 43.3 Å². The molecule has 0 aliphatic carbocycles. The molecule has 1 saturated heterocycles. The Morgan fingerprint density at radius 2 is 1.90 bits per heavy atom. The molecule has 3 heterocycles. The van der Waals surface area contributed by atoms with E-state index in [0.717, 1.165) is 41.3 Å². The van der Waals surface area contributed by atoms with Gasteiger partial charge in [-0.1, -0.05) is 30.3 Å². The Bertz CT molecular complexity index is 979. The molecule has 1 atom stereocenters. The Morgan fingerprint density at radius 3 is 2.67 bits per heavy atom. The van der Waals surface area contributed by atoms with Gasteiger partial charge >= 0.3 is 0 Å². The summed E-state index contributed by atoms with van der Waals surface area (Å²) in [7, 11) is 0. The summed E-state index contributed by atoms with van der Waals surface area (Å²) < 4.78 is 0. The summed E-state index contributed by atoms with van der Waals surface area (Å²) in [4.78, 5) is 33.7. The maximum Gasteiger partial charge on any atom is 0.223 e. The normalized spacial score (nSPS) is 17.7. The highest BCUT2D eigenvalue weighted by Crippen LogP contribution is 2.33. The second kappa shape index (κ2) is 8.69. The van der Waals surface area contributed by atoms with Crippen LogP contribution in [-0.2, 0) is 16.1 Å². The zero-order valence-corrected chi connectivity index (χ0v) is 17.6. The standard InChI is InChI=1S/C24H28N4O2/c1-17-9-10-20(24(26-17)27-12-5-6-13-27)16-25-23(30)15-22-21-8-4-3-7-19(21)11-14-28(22)18(2)29/h3-4,7-11,14,22H,5-6,12-13,15-16H2,1-2H3,(H,25,30)/t22-/m1/s1. The first kappa shape index (κ1) is 20.1. The lowest BCUT2D eigenvalue weighted by Crippen LogP contribution is -2.35. The van der Waals surface area contributed by atoms with Crippen LogP contribution >= 0.6 is 0 Å². The van der Waals surface area contributed by atoms with E-state index >= 15 is 0 Å². The van der Waals surface area contributed by atoms with Crippen molar-refractivity contribution in [3.8, 4) is 0 Å². The minimum atomic E-state index is -0.294. The van der Waals surface area contributed by atoms with E-state index in [0.29, 0.717) is 6.54 Å². The number of hydrogen-bond donors (Lipinski definition) is 1. The molecule has 1 aromatic carbocycles. The fourth-order valence-electron chi connectivity index (χ4n) is 4.27. The van der Waals surface area contributed by atoms with Gasteiger partial charge in [0.1, 0.15) is 5.82 Å². The largest absolute Gasteiger partial charge is 0.356 e. The number of fused-ring (bicyclic) bond motifs is 1. The number of aromatic nitrogens is 1. The number of pyridine rings is 1. The van der Waals surface area contributed by atoms with Crippen molar-refractivity contribution in [3.05, 3.63) is 65.0 Å². The molecule has 156 valence electrons. The molecular weight excluding hydrogens is 376 g/mol. The molecule has 0 saturated carbocycles. The van der Waals surface area contributed by atoms with E-state index in [2.05, 4.69) is 16.3 Å². The lowest BCUT2D eigenvalue weighted by atomic mass is 9.93. The molecule has 2 aliphatic heterocycles. The highest BCUT2D eigenvalue weighted by Gasteiger charge is 2.28. The maximum atomic E-state index is 12.9. The zero-order valence-electron chi connectivity index (χ0n) is 17.6. The third-order valence-electron chi connectivity index (χ3n) is 5.82. The summed E-state index contributed by atoms with van der Waals surface area (Å²) in [5, 5.41) is 3.05. The van der Waals surface area contributed by atoms with Crippen LogP contribution in [0.5, 0.6) is 0 Å². The van der Waals surface area contributed by atoms with Crippen LogP contribution in [0.2, 0.25) is 0 Å². The molecule has 2 amide bonds. The molecule has 1 fully saturated rings. The number of nitrogens with one attached hydrogen (secondary N) is 1. The zero-order chi connectivity index (χ0) is 21.1. The smallest absolute Gasteiger partial charge is 0.223 e. The molecule has 0 unspecified atom stereocenters.